The van der Waals surface area contributed by atoms with Crippen molar-refractivity contribution >= 4 is 0 Å². The van der Waals surface area contributed by atoms with Gasteiger partial charge in [-0.25, -0.2) is 0 Å². The molecule has 0 aromatic carbocycles. The smallest absolute Gasteiger partial charge is 0.0436 e. The molecule has 1 aliphatic carbocycles. The average molecular weight is 227 g/mol. The maximum atomic E-state index is 9.18. The lowest BCUT2D eigenvalue weighted by Crippen LogP contribution is -2.41. The highest BCUT2D eigenvalue weighted by atomic mass is 16.3. The van der Waals surface area contributed by atoms with E-state index in [1.54, 1.807) is 0 Å². The minimum atomic E-state index is 0.317. The summed E-state index contributed by atoms with van der Waals surface area (Å²) in [6.45, 7) is 8.26. The van der Waals surface area contributed by atoms with E-state index < -0.39 is 0 Å². The molecule has 0 aromatic heterocycles. The van der Waals surface area contributed by atoms with Crippen LogP contribution in [0.3, 0.4) is 0 Å². The molecule has 2 nitrogen and oxygen atoms in total. The second-order valence-corrected chi connectivity index (χ2v) is 5.58. The van der Waals surface area contributed by atoms with Crippen LogP contribution < -0.4 is 5.32 Å². The quantitative estimate of drug-likeness (QED) is 0.701. The lowest BCUT2D eigenvalue weighted by Gasteiger charge is -2.33. The van der Waals surface area contributed by atoms with Gasteiger partial charge in [-0.15, -0.1) is 0 Å². The molecule has 2 atom stereocenters. The Morgan fingerprint density at radius 3 is 2.38 bits per heavy atom. The third kappa shape index (κ3) is 3.46. The fraction of sp³-hybridized carbons (Fsp3) is 1.00. The summed E-state index contributed by atoms with van der Waals surface area (Å²) in [4.78, 5) is 0. The van der Waals surface area contributed by atoms with Gasteiger partial charge in [-0.3, -0.25) is 0 Å². The van der Waals surface area contributed by atoms with Crippen molar-refractivity contribution in [3.05, 3.63) is 0 Å². The van der Waals surface area contributed by atoms with E-state index >= 15 is 0 Å². The van der Waals surface area contributed by atoms with Crippen LogP contribution in [0.5, 0.6) is 0 Å². The van der Waals surface area contributed by atoms with Gasteiger partial charge in [0.2, 0.25) is 0 Å². The van der Waals surface area contributed by atoms with Crippen LogP contribution in [-0.2, 0) is 0 Å². The van der Waals surface area contributed by atoms with E-state index in [9.17, 15) is 5.11 Å². The lowest BCUT2D eigenvalue weighted by molar-refractivity contribution is 0.156. The molecular formula is C14H29NO. The van der Waals surface area contributed by atoms with Crippen LogP contribution in [0.1, 0.15) is 59.3 Å². The molecule has 0 heterocycles. The van der Waals surface area contributed by atoms with Crippen molar-refractivity contribution < 1.29 is 5.11 Å². The number of nitrogens with one attached hydrogen (secondary N) is 1. The summed E-state index contributed by atoms with van der Waals surface area (Å²) in [6.07, 6.45) is 7.36. The number of hydrogen-bond donors (Lipinski definition) is 2. The molecule has 1 fully saturated rings. The van der Waals surface area contributed by atoms with E-state index in [4.69, 9.17) is 0 Å². The van der Waals surface area contributed by atoms with E-state index in [1.807, 2.05) is 0 Å². The Kier molecular flexibility index (Phi) is 5.77. The SMILES string of the molecule is CCC(CC)(CCO)CNC1CCCC1C. The largest absolute Gasteiger partial charge is 0.396 e. The maximum Gasteiger partial charge on any atom is 0.0436 e. The summed E-state index contributed by atoms with van der Waals surface area (Å²) in [6, 6.07) is 0.719. The Hall–Kier alpha value is -0.0800. The Labute approximate surface area is 101 Å². The van der Waals surface area contributed by atoms with Crippen LogP contribution in [0.15, 0.2) is 0 Å². The van der Waals surface area contributed by atoms with Gasteiger partial charge in [0.05, 0.1) is 0 Å². The first-order chi connectivity index (χ1) is 7.67. The summed E-state index contributed by atoms with van der Waals surface area (Å²) >= 11 is 0. The van der Waals surface area contributed by atoms with Crippen LogP contribution in [-0.4, -0.2) is 24.3 Å². The summed E-state index contributed by atoms with van der Waals surface area (Å²) in [5.41, 5.74) is 0.317. The summed E-state index contributed by atoms with van der Waals surface area (Å²) in [5, 5.41) is 12.9. The van der Waals surface area contributed by atoms with Crippen molar-refractivity contribution in [2.75, 3.05) is 13.2 Å². The number of aliphatic hydroxyl groups excluding tert-OH is 1. The summed E-state index contributed by atoms with van der Waals surface area (Å²) in [5.74, 6) is 0.834. The van der Waals surface area contributed by atoms with Crippen molar-refractivity contribution in [2.24, 2.45) is 11.3 Å². The molecule has 0 bridgehead atoms. The Balaban J connectivity index is 2.42. The second-order valence-electron chi connectivity index (χ2n) is 5.58. The van der Waals surface area contributed by atoms with Crippen molar-refractivity contribution in [1.82, 2.24) is 5.32 Å². The second kappa shape index (κ2) is 6.61. The van der Waals surface area contributed by atoms with Gasteiger partial charge in [-0.2, -0.15) is 0 Å². The third-order valence-electron chi connectivity index (χ3n) is 4.74. The van der Waals surface area contributed by atoms with Gasteiger partial charge in [0.15, 0.2) is 0 Å². The molecule has 1 rings (SSSR count). The molecule has 2 N–H and O–H groups in total. The van der Waals surface area contributed by atoms with Crippen LogP contribution >= 0.6 is 0 Å². The Morgan fingerprint density at radius 1 is 1.25 bits per heavy atom. The van der Waals surface area contributed by atoms with Crippen LogP contribution in [0.25, 0.3) is 0 Å². The predicted octanol–water partition coefficient (Wildman–Crippen LogP) is 2.95. The molecule has 1 saturated carbocycles. The van der Waals surface area contributed by atoms with Gasteiger partial charge in [-0.05, 0) is 43.4 Å². The molecule has 1 aliphatic rings. The topological polar surface area (TPSA) is 32.3 Å². The van der Waals surface area contributed by atoms with Crippen molar-refractivity contribution in [3.63, 3.8) is 0 Å². The molecule has 96 valence electrons. The van der Waals surface area contributed by atoms with Gasteiger partial charge in [0.25, 0.3) is 0 Å². The van der Waals surface area contributed by atoms with E-state index in [1.165, 1.54) is 19.3 Å². The minimum absolute atomic E-state index is 0.317. The molecule has 0 spiro atoms. The Morgan fingerprint density at radius 2 is 1.94 bits per heavy atom. The molecule has 0 radical (unpaired) electrons. The fourth-order valence-electron chi connectivity index (χ4n) is 2.98. The van der Waals surface area contributed by atoms with Crippen molar-refractivity contribution in [1.29, 1.82) is 0 Å². The van der Waals surface area contributed by atoms with Crippen LogP contribution in [0.2, 0.25) is 0 Å². The molecule has 2 unspecified atom stereocenters. The summed E-state index contributed by atoms with van der Waals surface area (Å²) < 4.78 is 0. The maximum absolute atomic E-state index is 9.18. The van der Waals surface area contributed by atoms with Crippen molar-refractivity contribution in [2.45, 2.75) is 65.3 Å². The zero-order valence-corrected chi connectivity index (χ0v) is 11.3. The number of aliphatic hydroxyl groups is 1. The lowest BCUT2D eigenvalue weighted by atomic mass is 9.79. The average Bonchev–Trinajstić information content (AvgIpc) is 2.70. The first kappa shape index (κ1) is 14.0. The molecule has 2 heteroatoms. The Bertz CT molecular complexity index is 189. The standard InChI is InChI=1S/C14H29NO/c1-4-14(5-2,9-10-16)11-15-13-8-6-7-12(13)3/h12-13,15-16H,4-11H2,1-3H3. The van der Waals surface area contributed by atoms with E-state index in [2.05, 4.69) is 26.1 Å². The fourth-order valence-corrected chi connectivity index (χ4v) is 2.98. The monoisotopic (exact) mass is 227 g/mol. The zero-order valence-electron chi connectivity index (χ0n) is 11.3. The molecule has 0 aliphatic heterocycles. The molecule has 16 heavy (non-hydrogen) atoms. The first-order valence-electron chi connectivity index (χ1n) is 7.01. The zero-order chi connectivity index (χ0) is 12.0. The van der Waals surface area contributed by atoms with Crippen LogP contribution in [0, 0.1) is 11.3 Å². The van der Waals surface area contributed by atoms with Gasteiger partial charge in [0, 0.05) is 19.2 Å². The van der Waals surface area contributed by atoms with Gasteiger partial charge in [-0.1, -0.05) is 27.2 Å². The number of hydrogen-bond acceptors (Lipinski definition) is 2. The first-order valence-corrected chi connectivity index (χ1v) is 7.01. The molecule has 0 amide bonds. The van der Waals surface area contributed by atoms with E-state index in [-0.39, 0.29) is 0 Å². The van der Waals surface area contributed by atoms with Gasteiger partial charge in [0.1, 0.15) is 0 Å². The van der Waals surface area contributed by atoms with Crippen LogP contribution in [0.4, 0.5) is 0 Å². The summed E-state index contributed by atoms with van der Waals surface area (Å²) in [7, 11) is 0. The van der Waals surface area contributed by atoms with E-state index in [0.29, 0.717) is 12.0 Å². The van der Waals surface area contributed by atoms with Gasteiger partial charge < -0.3 is 10.4 Å². The third-order valence-corrected chi connectivity index (χ3v) is 4.74. The minimum Gasteiger partial charge on any atom is -0.396 e. The van der Waals surface area contributed by atoms with Crippen molar-refractivity contribution in [3.8, 4) is 0 Å². The highest BCUT2D eigenvalue weighted by Crippen LogP contribution is 2.31. The predicted molar refractivity (Wildman–Crippen MR) is 69.5 cm³/mol. The van der Waals surface area contributed by atoms with E-state index in [0.717, 1.165) is 37.8 Å². The normalized spacial score (nSPS) is 26.2. The highest BCUT2D eigenvalue weighted by Gasteiger charge is 2.29. The molecule has 0 aromatic rings. The molecule has 0 saturated heterocycles. The van der Waals surface area contributed by atoms with Gasteiger partial charge >= 0.3 is 0 Å². The number of rotatable bonds is 7. The highest BCUT2D eigenvalue weighted by molar-refractivity contribution is 4.85. The molecular weight excluding hydrogens is 198 g/mol.